The average molecular weight is 416 g/mol. The zero-order valence-electron chi connectivity index (χ0n) is 15.4. The minimum atomic E-state index is -2.59. The molecule has 1 fully saturated rings. The molecule has 24 heavy (non-hydrogen) atoms. The molecule has 1 unspecified atom stereocenters. The van der Waals surface area contributed by atoms with Crippen LogP contribution in [0.25, 0.3) is 0 Å². The van der Waals surface area contributed by atoms with Crippen molar-refractivity contribution in [3.63, 3.8) is 0 Å². The zero-order chi connectivity index (χ0) is 20.8. The van der Waals surface area contributed by atoms with Gasteiger partial charge in [0.15, 0.2) is 18.3 Å². The van der Waals surface area contributed by atoms with Crippen molar-refractivity contribution in [3.8, 4) is 0 Å². The Hall–Kier alpha value is -1.72. The van der Waals surface area contributed by atoms with E-state index in [1.54, 1.807) is 0 Å². The molecule has 1 aliphatic rings. The van der Waals surface area contributed by atoms with E-state index in [2.05, 4.69) is 20.7 Å². The maximum absolute atomic E-state index is 12.0. The van der Waals surface area contributed by atoms with Gasteiger partial charge < -0.3 is 28.8 Å². The Morgan fingerprint density at radius 1 is 1.04 bits per heavy atom. The highest BCUT2D eigenvalue weighted by atomic mass is 79.9. The molecule has 0 bridgehead atoms. The van der Waals surface area contributed by atoms with E-state index in [4.69, 9.17) is 23.1 Å². The minimum absolute atomic E-state index is 0.862. The van der Waals surface area contributed by atoms with Crippen molar-refractivity contribution in [2.45, 2.75) is 49.8 Å². The van der Waals surface area contributed by atoms with Crippen molar-refractivity contribution in [3.05, 3.63) is 0 Å². The van der Waals surface area contributed by atoms with Crippen LogP contribution in [0.3, 0.4) is 0 Å². The van der Waals surface area contributed by atoms with E-state index in [1.807, 2.05) is 0 Å². The van der Waals surface area contributed by atoms with Crippen molar-refractivity contribution in [2.75, 3.05) is 7.11 Å². The molecule has 1 rings (SSSR count). The lowest BCUT2D eigenvalue weighted by Gasteiger charge is -2.45. The predicted molar refractivity (Wildman–Crippen MR) is 77.4 cm³/mol. The van der Waals surface area contributed by atoms with E-state index in [0.717, 1.165) is 7.11 Å². The van der Waals surface area contributed by atoms with Gasteiger partial charge in [0.1, 0.15) is 0 Å². The Labute approximate surface area is 149 Å². The zero-order valence-corrected chi connectivity index (χ0v) is 14.0. The fourth-order valence-electron chi connectivity index (χ4n) is 2.00. The summed E-state index contributed by atoms with van der Waals surface area (Å²) >= 11 is 2.69. The summed E-state index contributed by atoms with van der Waals surface area (Å²) in [7, 11) is 0.972. The molecule has 5 atom stereocenters. The second kappa shape index (κ2) is 7.90. The van der Waals surface area contributed by atoms with E-state index < -0.39 is 73.7 Å². The Balaban J connectivity index is 3.39. The Bertz CT molecular complexity index is 587. The molecule has 0 amide bonds. The highest BCUT2D eigenvalue weighted by Gasteiger charge is 2.60. The summed E-state index contributed by atoms with van der Waals surface area (Å²) in [6.07, 6.45) is -7.29. The van der Waals surface area contributed by atoms with Crippen LogP contribution in [-0.2, 0) is 42.9 Å². The Kier molecular flexibility index (Phi) is 5.20. The summed E-state index contributed by atoms with van der Waals surface area (Å²) in [6.45, 7) is -2.60. The third kappa shape index (κ3) is 4.89. The molecular formula is C13H17BrO10. The first kappa shape index (κ1) is 15.8. The van der Waals surface area contributed by atoms with Crippen LogP contribution in [0.2, 0.25) is 0 Å². The van der Waals surface area contributed by atoms with Gasteiger partial charge in [-0.05, 0) is 15.9 Å². The molecule has 1 saturated heterocycles. The van der Waals surface area contributed by atoms with Gasteiger partial charge in [0, 0.05) is 24.8 Å². The van der Waals surface area contributed by atoms with Gasteiger partial charge in [0.05, 0.1) is 7.11 Å². The van der Waals surface area contributed by atoms with Crippen molar-refractivity contribution in [2.24, 2.45) is 0 Å². The van der Waals surface area contributed by atoms with Gasteiger partial charge in [-0.25, -0.2) is 4.79 Å². The highest BCUT2D eigenvalue weighted by molar-refractivity contribution is 9.10. The average Bonchev–Trinajstić information content (AvgIpc) is 2.64. The van der Waals surface area contributed by atoms with Crippen LogP contribution in [0.15, 0.2) is 0 Å². The van der Waals surface area contributed by atoms with E-state index in [-0.39, 0.29) is 0 Å². The molecule has 0 aromatic rings. The SMILES string of the molecule is [2H]CC(=O)O[C@H]1[C@H](OC(=O)C[2H])[C@@H](OC(=O)C[2H])C(O)(Br)O[C@@H]1C(=O)OC. The Morgan fingerprint density at radius 3 is 2.04 bits per heavy atom. The first-order chi connectivity index (χ1) is 12.6. The number of carbonyl (C=O) groups excluding carboxylic acids is 4. The molecular weight excluding hydrogens is 396 g/mol. The molecule has 1 aliphatic heterocycles. The first-order valence-corrected chi connectivity index (χ1v) is 7.03. The minimum Gasteiger partial charge on any atom is -0.467 e. The molecule has 0 spiro atoms. The van der Waals surface area contributed by atoms with Crippen LogP contribution in [0.4, 0.5) is 0 Å². The summed E-state index contributed by atoms with van der Waals surface area (Å²) in [4.78, 5) is 46.7. The number of hydrogen-bond acceptors (Lipinski definition) is 10. The molecule has 1 heterocycles. The number of carbonyl (C=O) groups is 4. The number of esters is 4. The normalized spacial score (nSPS) is 34.0. The number of halogens is 1. The van der Waals surface area contributed by atoms with Gasteiger partial charge in [-0.3, -0.25) is 14.4 Å². The lowest BCUT2D eigenvalue weighted by molar-refractivity contribution is -0.302. The molecule has 0 aliphatic carbocycles. The standard InChI is InChI=1S/C13H17BrO10/c1-5(15)21-8-9(22-6(2)16)11(23-7(3)17)13(14,19)24-10(8)12(18)20-4/h8-11,19H,1-4H3/t8-,9-,10-,11+,13?/m0/s1/i1D,2D,3D. The largest absolute Gasteiger partial charge is 0.467 e. The van der Waals surface area contributed by atoms with Crippen molar-refractivity contribution >= 4 is 39.8 Å². The summed E-state index contributed by atoms with van der Waals surface area (Å²) in [5.41, 5.74) is 0. The summed E-state index contributed by atoms with van der Waals surface area (Å²) in [5, 5.41) is 10.4. The van der Waals surface area contributed by atoms with Crippen molar-refractivity contribution in [1.29, 1.82) is 0 Å². The van der Waals surface area contributed by atoms with E-state index in [0.29, 0.717) is 0 Å². The summed E-state index contributed by atoms with van der Waals surface area (Å²) in [6, 6.07) is 0. The Morgan fingerprint density at radius 2 is 1.54 bits per heavy atom. The molecule has 0 saturated carbocycles. The summed E-state index contributed by atoms with van der Waals surface area (Å²) in [5.74, 6) is -4.59. The van der Waals surface area contributed by atoms with Gasteiger partial charge in [-0.2, -0.15) is 0 Å². The smallest absolute Gasteiger partial charge is 0.339 e. The van der Waals surface area contributed by atoms with Gasteiger partial charge in [0.2, 0.25) is 6.10 Å². The highest BCUT2D eigenvalue weighted by Crippen LogP contribution is 2.38. The number of alkyl halides is 1. The van der Waals surface area contributed by atoms with Crippen LogP contribution in [-0.4, -0.2) is 65.2 Å². The van der Waals surface area contributed by atoms with Gasteiger partial charge in [-0.15, -0.1) is 0 Å². The molecule has 10 nitrogen and oxygen atoms in total. The lowest BCUT2D eigenvalue weighted by Crippen LogP contribution is -2.66. The second-order valence-corrected chi connectivity index (χ2v) is 5.63. The third-order valence-corrected chi connectivity index (χ3v) is 3.43. The van der Waals surface area contributed by atoms with Gasteiger partial charge in [-0.1, -0.05) is 0 Å². The maximum atomic E-state index is 12.0. The number of rotatable bonds is 4. The van der Waals surface area contributed by atoms with E-state index in [9.17, 15) is 24.3 Å². The predicted octanol–water partition coefficient (Wildman–Crippen LogP) is -0.606. The second-order valence-electron chi connectivity index (χ2n) is 4.49. The quantitative estimate of drug-likeness (QED) is 0.359. The number of aliphatic hydroxyl groups is 1. The number of hydrogen-bond donors (Lipinski definition) is 1. The first-order valence-electron chi connectivity index (χ1n) is 8.36. The maximum Gasteiger partial charge on any atom is 0.339 e. The molecule has 0 aromatic carbocycles. The molecule has 11 heteroatoms. The van der Waals surface area contributed by atoms with E-state index in [1.165, 1.54) is 0 Å². The van der Waals surface area contributed by atoms with Crippen LogP contribution < -0.4 is 0 Å². The van der Waals surface area contributed by atoms with Crippen molar-refractivity contribution in [1.82, 2.24) is 0 Å². The van der Waals surface area contributed by atoms with Gasteiger partial charge >= 0.3 is 23.9 Å². The monoisotopic (exact) mass is 415 g/mol. The molecule has 0 aromatic heterocycles. The number of ether oxygens (including phenoxy) is 5. The van der Waals surface area contributed by atoms with E-state index >= 15 is 0 Å². The van der Waals surface area contributed by atoms with Crippen LogP contribution in [0.1, 0.15) is 24.8 Å². The van der Waals surface area contributed by atoms with Crippen LogP contribution >= 0.6 is 15.9 Å². The lowest BCUT2D eigenvalue weighted by atomic mass is 9.97. The molecule has 1 N–H and O–H groups in total. The van der Waals surface area contributed by atoms with Crippen LogP contribution in [0.5, 0.6) is 0 Å². The van der Waals surface area contributed by atoms with Crippen LogP contribution in [0, 0.1) is 0 Å². The molecule has 0 radical (unpaired) electrons. The molecule has 136 valence electrons. The topological polar surface area (TPSA) is 135 Å². The van der Waals surface area contributed by atoms with Gasteiger partial charge in [0.25, 0.3) is 4.70 Å². The third-order valence-electron chi connectivity index (χ3n) is 2.79. The number of methoxy groups -OCH3 is 1. The van der Waals surface area contributed by atoms with Crippen molar-refractivity contribution < 1.29 is 52.1 Å². The summed E-state index contributed by atoms with van der Waals surface area (Å²) < 4.78 is 42.7. The fourth-order valence-corrected chi connectivity index (χ4v) is 2.56. The fraction of sp³-hybridized carbons (Fsp3) is 0.692.